The van der Waals surface area contributed by atoms with E-state index in [1.807, 2.05) is 0 Å². The Bertz CT molecular complexity index is 793. The molecule has 1 N–H and O–H groups in total. The molecule has 0 saturated carbocycles. The molecule has 2 aromatic rings. The second-order valence-electron chi connectivity index (χ2n) is 5.05. The van der Waals surface area contributed by atoms with Crippen LogP contribution in [0.4, 0.5) is 5.69 Å². The third kappa shape index (κ3) is 3.66. The van der Waals surface area contributed by atoms with E-state index in [0.29, 0.717) is 22.8 Å². The van der Waals surface area contributed by atoms with Crippen LogP contribution in [0.1, 0.15) is 28.8 Å². The molecule has 0 aliphatic carbocycles. The molecule has 6 nitrogen and oxygen atoms in total. The number of rotatable bonds is 4. The van der Waals surface area contributed by atoms with Crippen molar-refractivity contribution in [1.82, 2.24) is 9.55 Å². The van der Waals surface area contributed by atoms with Crippen LogP contribution >= 0.6 is 0 Å². The van der Waals surface area contributed by atoms with E-state index in [1.165, 1.54) is 17.6 Å². The first-order chi connectivity index (χ1) is 10.4. The standard InChI is InChI=1S/C16H17N3O3/c1-10-7-16(22)19(12(3)17-10)9-15(21)18-14-6-4-5-13(8-14)11(2)20/h4-8H,9H2,1-3H3,(H,18,21). The molecule has 114 valence electrons. The van der Waals surface area contributed by atoms with Gasteiger partial charge < -0.3 is 5.32 Å². The van der Waals surface area contributed by atoms with Crippen LogP contribution in [0.15, 0.2) is 35.1 Å². The Balaban J connectivity index is 2.16. The zero-order chi connectivity index (χ0) is 16.3. The predicted molar refractivity (Wildman–Crippen MR) is 83.0 cm³/mol. The van der Waals surface area contributed by atoms with Crippen LogP contribution in [0.3, 0.4) is 0 Å². The Labute approximate surface area is 127 Å². The number of aromatic nitrogens is 2. The van der Waals surface area contributed by atoms with Gasteiger partial charge in [0.15, 0.2) is 5.78 Å². The Kier molecular flexibility index (Phi) is 4.50. The summed E-state index contributed by atoms with van der Waals surface area (Å²) in [5.41, 5.74) is 1.39. The normalized spacial score (nSPS) is 10.3. The molecule has 0 bridgehead atoms. The molecule has 22 heavy (non-hydrogen) atoms. The monoisotopic (exact) mass is 299 g/mol. The van der Waals surface area contributed by atoms with Crippen molar-refractivity contribution in [2.24, 2.45) is 0 Å². The SMILES string of the molecule is CC(=O)c1cccc(NC(=O)Cn2c(C)nc(C)cc2=O)c1. The molecule has 6 heteroatoms. The maximum absolute atomic E-state index is 12.1. The maximum atomic E-state index is 12.1. The number of Topliss-reactive ketones (excluding diaryl/α,β-unsaturated/α-hetero) is 1. The molecule has 2 rings (SSSR count). The number of aryl methyl sites for hydroxylation is 2. The first kappa shape index (κ1) is 15.6. The quantitative estimate of drug-likeness (QED) is 0.871. The zero-order valence-corrected chi connectivity index (χ0v) is 12.7. The van der Waals surface area contributed by atoms with Gasteiger partial charge in [0.25, 0.3) is 5.56 Å². The minimum absolute atomic E-state index is 0.0779. The number of ketones is 1. The van der Waals surface area contributed by atoms with Crippen LogP contribution in [-0.2, 0) is 11.3 Å². The summed E-state index contributed by atoms with van der Waals surface area (Å²) in [6.45, 7) is 4.74. The zero-order valence-electron chi connectivity index (χ0n) is 12.7. The van der Waals surface area contributed by atoms with E-state index in [0.717, 1.165) is 0 Å². The van der Waals surface area contributed by atoms with Crippen LogP contribution in [0.5, 0.6) is 0 Å². The van der Waals surface area contributed by atoms with E-state index in [1.54, 1.807) is 38.1 Å². The van der Waals surface area contributed by atoms with Crippen LogP contribution in [-0.4, -0.2) is 21.2 Å². The lowest BCUT2D eigenvalue weighted by Gasteiger charge is -2.10. The first-order valence-electron chi connectivity index (χ1n) is 6.83. The minimum Gasteiger partial charge on any atom is -0.325 e. The fourth-order valence-electron chi connectivity index (χ4n) is 2.12. The highest BCUT2D eigenvalue weighted by Crippen LogP contribution is 2.11. The molecule has 1 aromatic heterocycles. The van der Waals surface area contributed by atoms with Crippen LogP contribution < -0.4 is 10.9 Å². The highest BCUT2D eigenvalue weighted by Gasteiger charge is 2.09. The molecule has 0 fully saturated rings. The lowest BCUT2D eigenvalue weighted by Crippen LogP contribution is -2.30. The topological polar surface area (TPSA) is 81.1 Å². The van der Waals surface area contributed by atoms with Gasteiger partial charge in [0.1, 0.15) is 12.4 Å². The van der Waals surface area contributed by atoms with Crippen molar-refractivity contribution in [2.45, 2.75) is 27.3 Å². The van der Waals surface area contributed by atoms with E-state index < -0.39 is 0 Å². The summed E-state index contributed by atoms with van der Waals surface area (Å²) in [5.74, 6) is 0.0556. The van der Waals surface area contributed by atoms with Gasteiger partial charge in [-0.1, -0.05) is 12.1 Å². The van der Waals surface area contributed by atoms with Gasteiger partial charge in [0.2, 0.25) is 5.91 Å². The number of benzene rings is 1. The van der Waals surface area contributed by atoms with Crippen LogP contribution in [0.2, 0.25) is 0 Å². The maximum Gasteiger partial charge on any atom is 0.254 e. The van der Waals surface area contributed by atoms with Crippen molar-refractivity contribution >= 4 is 17.4 Å². The molecule has 0 aliphatic heterocycles. The van der Waals surface area contributed by atoms with E-state index in [-0.39, 0.29) is 23.8 Å². The van der Waals surface area contributed by atoms with Gasteiger partial charge in [-0.2, -0.15) is 0 Å². The first-order valence-corrected chi connectivity index (χ1v) is 6.83. The molecule has 0 atom stereocenters. The van der Waals surface area contributed by atoms with Gasteiger partial charge in [-0.25, -0.2) is 4.98 Å². The third-order valence-electron chi connectivity index (χ3n) is 3.18. The summed E-state index contributed by atoms with van der Waals surface area (Å²) in [6, 6.07) is 8.04. The molecule has 1 heterocycles. The largest absolute Gasteiger partial charge is 0.325 e. The summed E-state index contributed by atoms with van der Waals surface area (Å²) < 4.78 is 1.30. The van der Waals surface area contributed by atoms with Gasteiger partial charge in [-0.3, -0.25) is 19.0 Å². The second-order valence-corrected chi connectivity index (χ2v) is 5.05. The summed E-state index contributed by atoms with van der Waals surface area (Å²) in [4.78, 5) is 39.5. The Hall–Kier alpha value is -2.76. The number of amides is 1. The molecule has 0 radical (unpaired) electrons. The van der Waals surface area contributed by atoms with Gasteiger partial charge in [0, 0.05) is 23.0 Å². The van der Waals surface area contributed by atoms with Crippen molar-refractivity contribution in [3.05, 3.63) is 57.8 Å². The number of nitrogens with one attached hydrogen (secondary N) is 1. The molecule has 1 aromatic carbocycles. The van der Waals surface area contributed by atoms with Crippen LogP contribution in [0, 0.1) is 13.8 Å². The van der Waals surface area contributed by atoms with Crippen molar-refractivity contribution in [1.29, 1.82) is 0 Å². The summed E-state index contributed by atoms with van der Waals surface area (Å²) >= 11 is 0. The Morgan fingerprint density at radius 3 is 2.59 bits per heavy atom. The molecule has 0 unspecified atom stereocenters. The molecular weight excluding hydrogens is 282 g/mol. The summed E-state index contributed by atoms with van der Waals surface area (Å²) in [7, 11) is 0. The molecule has 0 aliphatic rings. The third-order valence-corrected chi connectivity index (χ3v) is 3.18. The number of carbonyl (C=O) groups excluding carboxylic acids is 2. The Morgan fingerprint density at radius 2 is 1.95 bits per heavy atom. The minimum atomic E-state index is -0.350. The van der Waals surface area contributed by atoms with Gasteiger partial charge >= 0.3 is 0 Å². The van der Waals surface area contributed by atoms with Crippen molar-refractivity contribution in [2.75, 3.05) is 5.32 Å². The van der Waals surface area contributed by atoms with Gasteiger partial charge in [-0.15, -0.1) is 0 Å². The lowest BCUT2D eigenvalue weighted by molar-refractivity contribution is -0.116. The fraction of sp³-hybridized carbons (Fsp3) is 0.250. The van der Waals surface area contributed by atoms with Crippen molar-refractivity contribution in [3.8, 4) is 0 Å². The molecular formula is C16H17N3O3. The molecule has 1 amide bonds. The van der Waals surface area contributed by atoms with Crippen molar-refractivity contribution < 1.29 is 9.59 Å². The number of nitrogens with zero attached hydrogens (tertiary/aromatic N) is 2. The number of anilines is 1. The Morgan fingerprint density at radius 1 is 1.23 bits per heavy atom. The number of hydrogen-bond donors (Lipinski definition) is 1. The predicted octanol–water partition coefficient (Wildman–Crippen LogP) is 1.70. The number of hydrogen-bond acceptors (Lipinski definition) is 4. The molecule has 0 saturated heterocycles. The lowest BCUT2D eigenvalue weighted by atomic mass is 10.1. The number of carbonyl (C=O) groups is 2. The van der Waals surface area contributed by atoms with Crippen molar-refractivity contribution in [3.63, 3.8) is 0 Å². The van der Waals surface area contributed by atoms with E-state index in [2.05, 4.69) is 10.3 Å². The average molecular weight is 299 g/mol. The van der Waals surface area contributed by atoms with E-state index in [9.17, 15) is 14.4 Å². The van der Waals surface area contributed by atoms with Gasteiger partial charge in [-0.05, 0) is 32.9 Å². The summed E-state index contributed by atoms with van der Waals surface area (Å²) in [5, 5.41) is 2.68. The smallest absolute Gasteiger partial charge is 0.254 e. The van der Waals surface area contributed by atoms with E-state index >= 15 is 0 Å². The second kappa shape index (κ2) is 6.34. The van der Waals surface area contributed by atoms with Gasteiger partial charge in [0.05, 0.1) is 0 Å². The molecule has 0 spiro atoms. The fourth-order valence-corrected chi connectivity index (χ4v) is 2.12. The highest BCUT2D eigenvalue weighted by atomic mass is 16.2. The highest BCUT2D eigenvalue weighted by molar-refractivity contribution is 5.97. The summed E-state index contributed by atoms with van der Waals surface area (Å²) in [6.07, 6.45) is 0. The van der Waals surface area contributed by atoms with Crippen LogP contribution in [0.25, 0.3) is 0 Å². The van der Waals surface area contributed by atoms with E-state index in [4.69, 9.17) is 0 Å². The average Bonchev–Trinajstić information content (AvgIpc) is 2.43.